The van der Waals surface area contributed by atoms with E-state index in [1.54, 1.807) is 41.2 Å². The first kappa shape index (κ1) is 24.0. The number of hydrogen-bond acceptors (Lipinski definition) is 3. The van der Waals surface area contributed by atoms with Crippen LogP contribution in [0, 0.1) is 12.8 Å². The number of H-pyrrole nitrogens is 1. The molecule has 34 heavy (non-hydrogen) atoms. The Kier molecular flexibility index (Phi) is 6.51. The lowest BCUT2D eigenvalue weighted by atomic mass is 10.0. The van der Waals surface area contributed by atoms with Crippen molar-refractivity contribution in [2.45, 2.75) is 34.1 Å². The van der Waals surface area contributed by atoms with E-state index in [1.165, 1.54) is 9.58 Å². The third-order valence-corrected chi connectivity index (χ3v) is 6.37. The quantitative estimate of drug-likeness (QED) is 0.410. The van der Waals surface area contributed by atoms with Gasteiger partial charge in [-0.2, -0.15) is 4.57 Å². The van der Waals surface area contributed by atoms with Gasteiger partial charge in [0, 0.05) is 23.9 Å². The molecule has 0 radical (unpaired) electrons. The van der Waals surface area contributed by atoms with Gasteiger partial charge in [0.15, 0.2) is 12.4 Å². The van der Waals surface area contributed by atoms with Gasteiger partial charge in [-0.1, -0.05) is 44.0 Å². The van der Waals surface area contributed by atoms with Gasteiger partial charge in [0.05, 0.1) is 21.3 Å². The van der Waals surface area contributed by atoms with Crippen LogP contribution < -0.4 is 10.1 Å². The average Bonchev–Trinajstić information content (AvgIpc) is 3.23. The van der Waals surface area contributed by atoms with Crippen LogP contribution in [0.2, 0.25) is 10.0 Å². The number of benzene rings is 1. The molecule has 0 saturated heterocycles. The van der Waals surface area contributed by atoms with Gasteiger partial charge in [-0.05, 0) is 43.5 Å². The van der Waals surface area contributed by atoms with Crippen LogP contribution in [0.15, 0.2) is 47.5 Å². The first-order chi connectivity index (χ1) is 16.1. The molecule has 0 aliphatic carbocycles. The summed E-state index contributed by atoms with van der Waals surface area (Å²) in [4.78, 5) is 42.0. The maximum Gasteiger partial charge on any atom is 0.326 e. The van der Waals surface area contributed by atoms with Gasteiger partial charge in [-0.15, -0.1) is 0 Å². The molecule has 4 rings (SSSR count). The fourth-order valence-electron chi connectivity index (χ4n) is 4.09. The number of carbonyl (C=O) groups excluding carboxylic acids is 2. The number of nitrogens with zero attached hydrogens (tertiary/aromatic N) is 3. The zero-order chi connectivity index (χ0) is 24.7. The van der Waals surface area contributed by atoms with Crippen LogP contribution in [-0.2, 0) is 16.0 Å². The molecule has 2 amide bonds. The van der Waals surface area contributed by atoms with E-state index in [2.05, 4.69) is 5.10 Å². The molecule has 0 spiro atoms. The van der Waals surface area contributed by atoms with E-state index in [9.17, 15) is 14.4 Å². The number of halogens is 2. The minimum atomic E-state index is -0.477. The van der Waals surface area contributed by atoms with Crippen LogP contribution in [0.25, 0.3) is 17.0 Å². The largest absolute Gasteiger partial charge is 0.326 e. The van der Waals surface area contributed by atoms with Gasteiger partial charge in [-0.3, -0.25) is 24.4 Å². The van der Waals surface area contributed by atoms with E-state index in [-0.39, 0.29) is 29.3 Å². The average molecular weight is 500 g/mol. The summed E-state index contributed by atoms with van der Waals surface area (Å²) in [5.41, 5.74) is 1.94. The number of aromatic nitrogens is 3. The van der Waals surface area contributed by atoms with Crippen molar-refractivity contribution in [3.63, 3.8) is 0 Å². The molecule has 2 aromatic heterocycles. The van der Waals surface area contributed by atoms with Gasteiger partial charge in [0.1, 0.15) is 5.57 Å². The molecule has 1 aromatic carbocycles. The molecule has 0 bridgehead atoms. The zero-order valence-electron chi connectivity index (χ0n) is 19.4. The predicted octanol–water partition coefficient (Wildman–Crippen LogP) is 4.02. The number of carbonyl (C=O) groups is 2. The summed E-state index contributed by atoms with van der Waals surface area (Å²) in [7, 11) is 0. The molecule has 3 aromatic rings. The Balaban J connectivity index is 2.00. The van der Waals surface area contributed by atoms with Crippen LogP contribution in [0.1, 0.15) is 37.6 Å². The second-order valence-corrected chi connectivity index (χ2v) is 9.50. The van der Waals surface area contributed by atoms with E-state index in [0.717, 1.165) is 5.56 Å². The van der Waals surface area contributed by atoms with Crippen LogP contribution in [0.5, 0.6) is 0 Å². The molecule has 0 fully saturated rings. The van der Waals surface area contributed by atoms with Crippen molar-refractivity contribution < 1.29 is 14.2 Å². The Labute approximate surface area is 207 Å². The minimum absolute atomic E-state index is 0.0701. The number of hydrogen-bond donors (Lipinski definition) is 1. The first-order valence-electron chi connectivity index (χ1n) is 11.0. The van der Waals surface area contributed by atoms with Gasteiger partial charge < -0.3 is 0 Å². The summed E-state index contributed by atoms with van der Waals surface area (Å²) in [6.07, 6.45) is 3.93. The monoisotopic (exact) mass is 499 g/mol. The second-order valence-electron chi connectivity index (χ2n) is 8.68. The molecule has 1 aliphatic heterocycles. The van der Waals surface area contributed by atoms with Crippen LogP contribution in [0.3, 0.4) is 0 Å². The Morgan fingerprint density at radius 1 is 1.06 bits per heavy atom. The minimum Gasteiger partial charge on any atom is -0.294 e. The third kappa shape index (κ3) is 4.10. The molecule has 7 nitrogen and oxygen atoms in total. The Morgan fingerprint density at radius 3 is 2.41 bits per heavy atom. The molecule has 3 heterocycles. The number of pyridine rings is 1. The first-order valence-corrected chi connectivity index (χ1v) is 11.8. The van der Waals surface area contributed by atoms with Gasteiger partial charge in [0.2, 0.25) is 0 Å². The summed E-state index contributed by atoms with van der Waals surface area (Å²) < 4.78 is 2.95. The Bertz CT molecular complexity index is 1400. The van der Waals surface area contributed by atoms with Crippen molar-refractivity contribution >= 4 is 46.3 Å². The lowest BCUT2D eigenvalue weighted by molar-refractivity contribution is -0.577. The van der Waals surface area contributed by atoms with Crippen molar-refractivity contribution in [1.82, 2.24) is 14.7 Å². The second kappa shape index (κ2) is 9.24. The standard InChI is InChI=1S/C25H24Cl2N4O3/c1-5-19-20(24(33)31(28-19)16-8-9-17(26)18(27)11-16)21-22(29-10-6-7-15(4)13-29)25(34)30(23(21)32)12-14(2)3/h6-11,13-14H,5,12H2,1-4H3/p+1. The summed E-state index contributed by atoms with van der Waals surface area (Å²) >= 11 is 12.2. The number of aromatic amines is 1. The Morgan fingerprint density at radius 2 is 1.79 bits per heavy atom. The number of aryl methyl sites for hydroxylation is 2. The lowest BCUT2D eigenvalue weighted by Gasteiger charge is -2.16. The Hall–Kier alpha value is -3.16. The number of amides is 2. The van der Waals surface area contributed by atoms with Crippen molar-refractivity contribution in [2.75, 3.05) is 6.54 Å². The number of nitrogens with one attached hydrogen (secondary N) is 1. The van der Waals surface area contributed by atoms with E-state index >= 15 is 0 Å². The van der Waals surface area contributed by atoms with E-state index in [4.69, 9.17) is 23.2 Å². The van der Waals surface area contributed by atoms with E-state index < -0.39 is 17.4 Å². The van der Waals surface area contributed by atoms with Crippen molar-refractivity contribution in [1.29, 1.82) is 0 Å². The zero-order valence-corrected chi connectivity index (χ0v) is 20.9. The molecule has 0 atom stereocenters. The summed E-state index contributed by atoms with van der Waals surface area (Å²) in [5, 5.41) is 3.75. The molecule has 0 saturated carbocycles. The summed E-state index contributed by atoms with van der Waals surface area (Å²) in [6.45, 7) is 7.89. The molecule has 0 unspecified atom stereocenters. The highest BCUT2D eigenvalue weighted by Crippen LogP contribution is 2.31. The topological polar surface area (TPSA) is 79.1 Å². The SMILES string of the molecule is CCc1[nH]n(-c2ccc(Cl)c(Cl)c2)c(=O)c1C1=C([n+]2cccc(C)c2)C(=O)N(CC(C)C)C1=O. The highest BCUT2D eigenvalue weighted by atomic mass is 35.5. The number of imide groups is 1. The van der Waals surface area contributed by atoms with Gasteiger partial charge >= 0.3 is 5.91 Å². The molecular weight excluding hydrogens is 475 g/mol. The fourth-order valence-corrected chi connectivity index (χ4v) is 4.39. The van der Waals surface area contributed by atoms with Gasteiger partial charge in [-0.25, -0.2) is 4.68 Å². The van der Waals surface area contributed by atoms with Crippen molar-refractivity contribution in [3.8, 4) is 5.69 Å². The summed E-state index contributed by atoms with van der Waals surface area (Å²) in [6, 6.07) is 8.53. The lowest BCUT2D eigenvalue weighted by Crippen LogP contribution is -2.41. The molecule has 176 valence electrons. The highest BCUT2D eigenvalue weighted by molar-refractivity contribution is 6.44. The van der Waals surface area contributed by atoms with E-state index in [1.807, 2.05) is 33.8 Å². The summed E-state index contributed by atoms with van der Waals surface area (Å²) in [5.74, 6) is -0.830. The highest BCUT2D eigenvalue weighted by Gasteiger charge is 2.47. The maximum atomic E-state index is 13.7. The van der Waals surface area contributed by atoms with E-state index in [0.29, 0.717) is 27.8 Å². The van der Waals surface area contributed by atoms with Crippen molar-refractivity contribution in [2.24, 2.45) is 5.92 Å². The normalized spacial score (nSPS) is 14.1. The van der Waals surface area contributed by atoms with Crippen molar-refractivity contribution in [3.05, 3.63) is 79.9 Å². The molecule has 9 heteroatoms. The smallest absolute Gasteiger partial charge is 0.294 e. The van der Waals surface area contributed by atoms with Crippen LogP contribution >= 0.6 is 23.2 Å². The molecule has 1 N–H and O–H groups in total. The predicted molar refractivity (Wildman–Crippen MR) is 132 cm³/mol. The number of rotatable bonds is 6. The molecular formula is C25H25Cl2N4O3+. The molecule has 1 aliphatic rings. The maximum absolute atomic E-state index is 13.7. The third-order valence-electron chi connectivity index (χ3n) is 5.63. The van der Waals surface area contributed by atoms with Crippen LogP contribution in [0.4, 0.5) is 0 Å². The van der Waals surface area contributed by atoms with Crippen LogP contribution in [-0.4, -0.2) is 33.0 Å². The van der Waals surface area contributed by atoms with Gasteiger partial charge in [0.25, 0.3) is 17.2 Å². The fraction of sp³-hybridized carbons (Fsp3) is 0.280.